The summed E-state index contributed by atoms with van der Waals surface area (Å²) in [6.45, 7) is 4.92. The van der Waals surface area contributed by atoms with Crippen LogP contribution in [-0.2, 0) is 27.9 Å². The molecule has 0 bridgehead atoms. The van der Waals surface area contributed by atoms with Gasteiger partial charge in [0.05, 0.1) is 19.8 Å². The van der Waals surface area contributed by atoms with Gasteiger partial charge in [-0.25, -0.2) is 4.57 Å². The minimum Gasteiger partial charge on any atom is -0.457 e. The third kappa shape index (κ3) is 38.2. The van der Waals surface area contributed by atoms with Crippen molar-refractivity contribution in [3.8, 4) is 0 Å². The number of allylic oxidation sites excluding steroid dienone is 4. The van der Waals surface area contributed by atoms with Crippen LogP contribution < -0.4 is 5.73 Å². The van der Waals surface area contributed by atoms with Gasteiger partial charge in [0.25, 0.3) is 0 Å². The average molecular weight is 730 g/mol. The number of rotatable bonds is 40. The van der Waals surface area contributed by atoms with Crippen LogP contribution in [0.3, 0.4) is 0 Å². The van der Waals surface area contributed by atoms with Gasteiger partial charge in [0.1, 0.15) is 6.10 Å². The largest absolute Gasteiger partial charge is 0.472 e. The zero-order chi connectivity index (χ0) is 36.6. The lowest BCUT2D eigenvalue weighted by atomic mass is 10.0. The second-order valence-corrected chi connectivity index (χ2v) is 15.3. The molecule has 0 aliphatic rings. The third-order valence-electron chi connectivity index (χ3n) is 8.87. The number of hydrogen-bond donors (Lipinski definition) is 2. The Kier molecular flexibility index (Phi) is 38.4. The lowest BCUT2D eigenvalue weighted by Crippen LogP contribution is -2.28. The Labute approximate surface area is 308 Å². The van der Waals surface area contributed by atoms with E-state index in [-0.39, 0.29) is 32.3 Å². The van der Waals surface area contributed by atoms with Crippen molar-refractivity contribution < 1.29 is 32.8 Å². The van der Waals surface area contributed by atoms with Crippen molar-refractivity contribution in [3.63, 3.8) is 0 Å². The molecule has 0 aromatic carbocycles. The molecule has 0 aromatic rings. The van der Waals surface area contributed by atoms with Crippen LogP contribution in [0, 0.1) is 0 Å². The van der Waals surface area contributed by atoms with Gasteiger partial charge < -0.3 is 20.1 Å². The smallest absolute Gasteiger partial charge is 0.457 e. The highest BCUT2D eigenvalue weighted by atomic mass is 31.2. The molecule has 0 saturated carbocycles. The van der Waals surface area contributed by atoms with Crippen LogP contribution in [0.1, 0.15) is 194 Å². The number of carbonyl (C=O) groups is 1. The number of esters is 1. The molecule has 50 heavy (non-hydrogen) atoms. The lowest BCUT2D eigenvalue weighted by molar-refractivity contribution is -0.154. The van der Waals surface area contributed by atoms with Gasteiger partial charge in [0.2, 0.25) is 0 Å². The van der Waals surface area contributed by atoms with Crippen molar-refractivity contribution in [2.45, 2.75) is 200 Å². The number of phosphoric acid groups is 1. The second-order valence-electron chi connectivity index (χ2n) is 13.9. The number of nitrogens with two attached hydrogens (primary N) is 1. The molecule has 0 radical (unpaired) electrons. The van der Waals surface area contributed by atoms with Crippen molar-refractivity contribution in [1.29, 1.82) is 0 Å². The molecule has 0 aromatic heterocycles. The molecule has 2 unspecified atom stereocenters. The predicted molar refractivity (Wildman–Crippen MR) is 210 cm³/mol. The molecule has 0 amide bonds. The van der Waals surface area contributed by atoms with Crippen LogP contribution in [0.15, 0.2) is 24.3 Å². The predicted octanol–water partition coefficient (Wildman–Crippen LogP) is 12.1. The van der Waals surface area contributed by atoms with Gasteiger partial charge in [-0.15, -0.1) is 0 Å². The maximum Gasteiger partial charge on any atom is 0.472 e. The standard InChI is InChI=1S/C41H80NO7P/c1-3-5-7-9-11-13-15-17-18-19-20-21-22-24-26-28-30-32-34-41(43)49-40(39-48-50(44,45)47-37-35-42)38-46-36-33-31-29-27-25-23-16-14-12-10-8-6-4-2/h13,15,18-19,40H,3-12,14,16-17,20-39,42H2,1-2H3,(H,44,45)/b15-13-,19-18-. The molecule has 0 aliphatic heterocycles. The van der Waals surface area contributed by atoms with Crippen LogP contribution >= 0.6 is 7.82 Å². The Morgan fingerprint density at radius 1 is 0.600 bits per heavy atom. The SMILES string of the molecule is CCCCCC/C=C\C/C=C\CCCCCCCCCC(=O)OC(COCCCCCCCCCCCCCCC)COP(=O)(O)OCCN. The van der Waals surface area contributed by atoms with Gasteiger partial charge in [0, 0.05) is 19.6 Å². The van der Waals surface area contributed by atoms with Gasteiger partial charge in [-0.2, -0.15) is 0 Å². The number of unbranched alkanes of at least 4 members (excludes halogenated alkanes) is 23. The Balaban J connectivity index is 4.04. The quantitative estimate of drug-likeness (QED) is 0.0277. The van der Waals surface area contributed by atoms with Crippen LogP contribution in [0.5, 0.6) is 0 Å². The van der Waals surface area contributed by atoms with E-state index in [0.717, 1.165) is 44.9 Å². The average Bonchev–Trinajstić information content (AvgIpc) is 3.10. The van der Waals surface area contributed by atoms with E-state index in [1.165, 1.54) is 128 Å². The normalized spacial score (nSPS) is 13.8. The molecule has 0 aliphatic carbocycles. The fourth-order valence-electron chi connectivity index (χ4n) is 5.79. The molecule has 0 saturated heterocycles. The Bertz CT molecular complexity index is 823. The summed E-state index contributed by atoms with van der Waals surface area (Å²) in [5.74, 6) is -0.336. The van der Waals surface area contributed by atoms with Gasteiger partial charge in [0.15, 0.2) is 0 Å². The molecule has 0 spiro atoms. The minimum absolute atomic E-state index is 0.0952. The van der Waals surface area contributed by atoms with E-state index >= 15 is 0 Å². The van der Waals surface area contributed by atoms with E-state index in [0.29, 0.717) is 13.0 Å². The molecule has 2 atom stereocenters. The van der Waals surface area contributed by atoms with E-state index < -0.39 is 13.9 Å². The summed E-state index contributed by atoms with van der Waals surface area (Å²) in [4.78, 5) is 22.4. The van der Waals surface area contributed by atoms with Crippen LogP contribution in [0.2, 0.25) is 0 Å². The van der Waals surface area contributed by atoms with Gasteiger partial charge >= 0.3 is 13.8 Å². The maximum absolute atomic E-state index is 12.6. The number of phosphoric ester groups is 1. The second kappa shape index (κ2) is 39.2. The van der Waals surface area contributed by atoms with Crippen molar-refractivity contribution in [2.75, 3.05) is 33.0 Å². The van der Waals surface area contributed by atoms with Crippen molar-refractivity contribution in [1.82, 2.24) is 0 Å². The fraction of sp³-hybridized carbons (Fsp3) is 0.878. The zero-order valence-electron chi connectivity index (χ0n) is 32.6. The minimum atomic E-state index is -4.27. The summed E-state index contributed by atoms with van der Waals surface area (Å²) in [7, 11) is -4.27. The van der Waals surface area contributed by atoms with Crippen molar-refractivity contribution in [3.05, 3.63) is 24.3 Å². The van der Waals surface area contributed by atoms with Gasteiger partial charge in [-0.05, 0) is 44.9 Å². The molecule has 9 heteroatoms. The maximum atomic E-state index is 12.6. The number of carbonyl (C=O) groups excluding carboxylic acids is 1. The number of ether oxygens (including phenoxy) is 2. The van der Waals surface area contributed by atoms with E-state index in [4.69, 9.17) is 24.3 Å². The molecule has 0 rings (SSSR count). The van der Waals surface area contributed by atoms with E-state index in [1.807, 2.05) is 0 Å². The number of hydrogen-bond acceptors (Lipinski definition) is 7. The highest BCUT2D eigenvalue weighted by Gasteiger charge is 2.25. The Morgan fingerprint density at radius 3 is 1.58 bits per heavy atom. The first-order chi connectivity index (χ1) is 24.4. The Morgan fingerprint density at radius 2 is 1.06 bits per heavy atom. The topological polar surface area (TPSA) is 117 Å². The molecule has 0 fully saturated rings. The van der Waals surface area contributed by atoms with Gasteiger partial charge in [-0.1, -0.05) is 167 Å². The van der Waals surface area contributed by atoms with Crippen LogP contribution in [0.25, 0.3) is 0 Å². The summed E-state index contributed by atoms with van der Waals surface area (Å²) in [6.07, 6.45) is 41.8. The lowest BCUT2D eigenvalue weighted by Gasteiger charge is -2.20. The van der Waals surface area contributed by atoms with E-state index in [9.17, 15) is 14.3 Å². The third-order valence-corrected chi connectivity index (χ3v) is 9.86. The molecular formula is C41H80NO7P. The van der Waals surface area contributed by atoms with Crippen molar-refractivity contribution in [2.24, 2.45) is 5.73 Å². The van der Waals surface area contributed by atoms with Crippen LogP contribution in [0.4, 0.5) is 0 Å². The van der Waals surface area contributed by atoms with E-state index in [1.54, 1.807) is 0 Å². The molecule has 0 heterocycles. The van der Waals surface area contributed by atoms with E-state index in [2.05, 4.69) is 38.2 Å². The molecule has 296 valence electrons. The first-order valence-corrected chi connectivity index (χ1v) is 22.3. The van der Waals surface area contributed by atoms with Crippen molar-refractivity contribution >= 4 is 13.8 Å². The summed E-state index contributed by atoms with van der Waals surface area (Å²) < 4.78 is 33.4. The fourth-order valence-corrected chi connectivity index (χ4v) is 6.56. The highest BCUT2D eigenvalue weighted by molar-refractivity contribution is 7.47. The molecular weight excluding hydrogens is 649 g/mol. The first-order valence-electron chi connectivity index (χ1n) is 20.8. The van der Waals surface area contributed by atoms with Gasteiger partial charge in [-0.3, -0.25) is 13.8 Å². The van der Waals surface area contributed by atoms with Crippen LogP contribution in [-0.4, -0.2) is 49.9 Å². The monoisotopic (exact) mass is 730 g/mol. The zero-order valence-corrected chi connectivity index (χ0v) is 33.5. The summed E-state index contributed by atoms with van der Waals surface area (Å²) in [6, 6.07) is 0. The molecule has 8 nitrogen and oxygen atoms in total. The molecule has 3 N–H and O–H groups in total. The summed E-state index contributed by atoms with van der Waals surface area (Å²) in [5.41, 5.74) is 5.36. The highest BCUT2D eigenvalue weighted by Crippen LogP contribution is 2.43. The Hall–Kier alpha value is -1.02. The summed E-state index contributed by atoms with van der Waals surface area (Å²) >= 11 is 0. The summed E-state index contributed by atoms with van der Waals surface area (Å²) in [5, 5.41) is 0. The first kappa shape index (κ1) is 49.0.